The fourth-order valence-electron chi connectivity index (χ4n) is 3.43. The average molecular weight is 397 g/mol. The molecule has 2 atom stereocenters. The van der Waals surface area contributed by atoms with Crippen LogP contribution in [0.5, 0.6) is 0 Å². The van der Waals surface area contributed by atoms with E-state index in [1.165, 1.54) is 11.8 Å². The van der Waals surface area contributed by atoms with E-state index in [4.69, 9.17) is 0 Å². The SMILES string of the molecule is Cc1ccccc1-n1ccnc1SCC(=O)NC1CCCC(C(F)(F)F)C1. The van der Waals surface area contributed by atoms with Crippen LogP contribution in [0, 0.1) is 12.8 Å². The summed E-state index contributed by atoms with van der Waals surface area (Å²) in [5.41, 5.74) is 2.07. The summed E-state index contributed by atoms with van der Waals surface area (Å²) in [6, 6.07) is 7.45. The molecule has 1 aromatic heterocycles. The Bertz CT molecular complexity index is 791. The van der Waals surface area contributed by atoms with Gasteiger partial charge in [-0.2, -0.15) is 13.2 Å². The third-order valence-electron chi connectivity index (χ3n) is 4.82. The van der Waals surface area contributed by atoms with E-state index >= 15 is 0 Å². The van der Waals surface area contributed by atoms with Crippen LogP contribution in [-0.4, -0.2) is 33.4 Å². The lowest BCUT2D eigenvalue weighted by atomic mass is 9.85. The highest BCUT2D eigenvalue weighted by Gasteiger charge is 2.42. The molecule has 1 aliphatic rings. The largest absolute Gasteiger partial charge is 0.391 e. The maximum Gasteiger partial charge on any atom is 0.391 e. The van der Waals surface area contributed by atoms with Crippen LogP contribution in [0.15, 0.2) is 41.8 Å². The Kier molecular flexibility index (Phi) is 6.14. The second-order valence-corrected chi connectivity index (χ2v) is 7.77. The summed E-state index contributed by atoms with van der Waals surface area (Å²) in [5, 5.41) is 3.43. The summed E-state index contributed by atoms with van der Waals surface area (Å²) in [4.78, 5) is 16.5. The molecule has 0 radical (unpaired) electrons. The second-order valence-electron chi connectivity index (χ2n) is 6.82. The van der Waals surface area contributed by atoms with Crippen molar-refractivity contribution in [2.45, 2.75) is 50.0 Å². The molecule has 0 spiro atoms. The lowest BCUT2D eigenvalue weighted by molar-refractivity contribution is -0.184. The number of thioether (sulfide) groups is 1. The van der Waals surface area contributed by atoms with Crippen LogP contribution in [0.2, 0.25) is 0 Å². The molecular weight excluding hydrogens is 375 g/mol. The maximum absolute atomic E-state index is 12.9. The van der Waals surface area contributed by atoms with Crippen LogP contribution in [0.1, 0.15) is 31.2 Å². The summed E-state index contributed by atoms with van der Waals surface area (Å²) < 4.78 is 40.6. The predicted octanol–water partition coefficient (Wildman–Crippen LogP) is 4.51. The van der Waals surface area contributed by atoms with Crippen LogP contribution in [0.25, 0.3) is 5.69 Å². The molecule has 27 heavy (non-hydrogen) atoms. The van der Waals surface area contributed by atoms with Crippen molar-refractivity contribution in [3.63, 3.8) is 0 Å². The van der Waals surface area contributed by atoms with Gasteiger partial charge in [0.05, 0.1) is 17.4 Å². The highest BCUT2D eigenvalue weighted by molar-refractivity contribution is 7.99. The number of benzene rings is 1. The summed E-state index contributed by atoms with van der Waals surface area (Å²) >= 11 is 1.28. The molecule has 1 aromatic carbocycles. The van der Waals surface area contributed by atoms with Crippen molar-refractivity contribution < 1.29 is 18.0 Å². The quantitative estimate of drug-likeness (QED) is 0.755. The van der Waals surface area contributed by atoms with E-state index in [0.717, 1.165) is 11.3 Å². The number of halogens is 3. The van der Waals surface area contributed by atoms with Gasteiger partial charge in [0.25, 0.3) is 0 Å². The molecule has 146 valence electrons. The van der Waals surface area contributed by atoms with Gasteiger partial charge in [-0.05, 0) is 37.8 Å². The van der Waals surface area contributed by atoms with Gasteiger partial charge in [-0.3, -0.25) is 9.36 Å². The van der Waals surface area contributed by atoms with E-state index in [1.54, 1.807) is 6.20 Å². The molecule has 2 aromatic rings. The normalized spacial score (nSPS) is 20.4. The van der Waals surface area contributed by atoms with Gasteiger partial charge in [0.2, 0.25) is 5.91 Å². The fraction of sp³-hybridized carbons (Fsp3) is 0.474. The molecule has 8 heteroatoms. The van der Waals surface area contributed by atoms with E-state index in [1.807, 2.05) is 42.0 Å². The molecular formula is C19H22F3N3OS. The Morgan fingerprint density at radius 2 is 2.11 bits per heavy atom. The van der Waals surface area contributed by atoms with Gasteiger partial charge in [-0.25, -0.2) is 4.98 Å². The smallest absolute Gasteiger partial charge is 0.353 e. The van der Waals surface area contributed by atoms with Crippen LogP contribution >= 0.6 is 11.8 Å². The first-order valence-electron chi connectivity index (χ1n) is 8.93. The molecule has 4 nitrogen and oxygen atoms in total. The van der Waals surface area contributed by atoms with Crippen molar-refractivity contribution in [2.75, 3.05) is 5.75 Å². The van der Waals surface area contributed by atoms with Gasteiger partial charge in [0.1, 0.15) is 0 Å². The summed E-state index contributed by atoms with van der Waals surface area (Å²) in [6.07, 6.45) is 0.521. The van der Waals surface area contributed by atoms with Gasteiger partial charge in [0.15, 0.2) is 5.16 Å². The zero-order valence-corrected chi connectivity index (χ0v) is 15.8. The minimum absolute atomic E-state index is 0.0300. The molecule has 0 bridgehead atoms. The van der Waals surface area contributed by atoms with Crippen LogP contribution in [-0.2, 0) is 4.79 Å². The molecule has 1 heterocycles. The highest BCUT2D eigenvalue weighted by Crippen LogP contribution is 2.37. The summed E-state index contributed by atoms with van der Waals surface area (Å²) in [6.45, 7) is 2.00. The molecule has 1 aliphatic carbocycles. The number of nitrogens with one attached hydrogen (secondary N) is 1. The van der Waals surface area contributed by atoms with E-state index in [-0.39, 0.29) is 24.5 Å². The molecule has 1 fully saturated rings. The number of aryl methyl sites for hydroxylation is 1. The number of hydrogen-bond donors (Lipinski definition) is 1. The predicted molar refractivity (Wildman–Crippen MR) is 99.0 cm³/mol. The number of alkyl halides is 3. The molecule has 0 saturated heterocycles. The molecule has 1 amide bonds. The van der Waals surface area contributed by atoms with Gasteiger partial charge in [-0.15, -0.1) is 0 Å². The van der Waals surface area contributed by atoms with Crippen molar-refractivity contribution in [1.82, 2.24) is 14.9 Å². The van der Waals surface area contributed by atoms with Crippen molar-refractivity contribution in [3.05, 3.63) is 42.2 Å². The summed E-state index contributed by atoms with van der Waals surface area (Å²) in [7, 11) is 0. The highest BCUT2D eigenvalue weighted by atomic mass is 32.2. The Morgan fingerprint density at radius 1 is 1.33 bits per heavy atom. The summed E-state index contributed by atoms with van der Waals surface area (Å²) in [5.74, 6) is -1.45. The standard InChI is InChI=1S/C19H22F3N3OS/c1-13-5-2-3-8-16(13)25-10-9-23-18(25)27-12-17(26)24-15-7-4-6-14(11-15)19(20,21)22/h2-3,5,8-10,14-15H,4,6-7,11-12H2,1H3,(H,24,26). The first-order chi connectivity index (χ1) is 12.8. The topological polar surface area (TPSA) is 46.9 Å². The number of rotatable bonds is 5. The molecule has 0 aliphatic heterocycles. The minimum atomic E-state index is -4.18. The van der Waals surface area contributed by atoms with E-state index < -0.39 is 18.1 Å². The maximum atomic E-state index is 12.9. The van der Waals surface area contributed by atoms with Gasteiger partial charge in [-0.1, -0.05) is 36.4 Å². The zero-order chi connectivity index (χ0) is 19.4. The van der Waals surface area contributed by atoms with E-state index in [9.17, 15) is 18.0 Å². The average Bonchev–Trinajstić information content (AvgIpc) is 3.08. The van der Waals surface area contributed by atoms with Crippen LogP contribution in [0.3, 0.4) is 0 Å². The minimum Gasteiger partial charge on any atom is -0.353 e. The van der Waals surface area contributed by atoms with E-state index in [0.29, 0.717) is 18.0 Å². The van der Waals surface area contributed by atoms with Gasteiger partial charge in [0, 0.05) is 18.4 Å². The third-order valence-corrected chi connectivity index (χ3v) is 5.78. The Morgan fingerprint density at radius 3 is 2.85 bits per heavy atom. The van der Waals surface area contributed by atoms with Crippen molar-refractivity contribution in [3.8, 4) is 5.69 Å². The molecule has 1 N–H and O–H groups in total. The number of carbonyl (C=O) groups excluding carboxylic acids is 1. The number of carbonyl (C=O) groups is 1. The fourth-order valence-corrected chi connectivity index (χ4v) is 4.21. The number of amides is 1. The number of nitrogens with zero attached hydrogens (tertiary/aromatic N) is 2. The monoisotopic (exact) mass is 397 g/mol. The van der Waals surface area contributed by atoms with Crippen molar-refractivity contribution in [1.29, 1.82) is 0 Å². The number of aromatic nitrogens is 2. The van der Waals surface area contributed by atoms with Crippen molar-refractivity contribution in [2.24, 2.45) is 5.92 Å². The Hall–Kier alpha value is -1.96. The number of hydrogen-bond acceptors (Lipinski definition) is 3. The Balaban J connectivity index is 1.56. The third kappa shape index (κ3) is 5.06. The molecule has 3 rings (SSSR count). The number of imidazole rings is 1. The first kappa shape index (κ1) is 19.8. The lowest BCUT2D eigenvalue weighted by Gasteiger charge is -2.31. The van der Waals surface area contributed by atoms with Crippen LogP contribution in [0.4, 0.5) is 13.2 Å². The second kappa shape index (κ2) is 8.37. The van der Waals surface area contributed by atoms with Crippen LogP contribution < -0.4 is 5.32 Å². The molecule has 2 unspecified atom stereocenters. The van der Waals surface area contributed by atoms with Crippen molar-refractivity contribution >= 4 is 17.7 Å². The lowest BCUT2D eigenvalue weighted by Crippen LogP contribution is -2.42. The van der Waals surface area contributed by atoms with E-state index in [2.05, 4.69) is 10.3 Å². The number of para-hydroxylation sites is 1. The van der Waals surface area contributed by atoms with Gasteiger partial charge >= 0.3 is 6.18 Å². The molecule has 1 saturated carbocycles. The zero-order valence-electron chi connectivity index (χ0n) is 15.0. The Labute approximate surface area is 160 Å². The first-order valence-corrected chi connectivity index (χ1v) is 9.91. The van der Waals surface area contributed by atoms with Gasteiger partial charge < -0.3 is 5.32 Å².